The Labute approximate surface area is 168 Å². The highest BCUT2D eigenvalue weighted by Gasteiger charge is 2.31. The van der Waals surface area contributed by atoms with Crippen LogP contribution in [0, 0.1) is 4.77 Å². The molecule has 11 heteroatoms. The zero-order valence-corrected chi connectivity index (χ0v) is 15.9. The highest BCUT2D eigenvalue weighted by molar-refractivity contribution is 7.71. The molecule has 0 aliphatic carbocycles. The lowest BCUT2D eigenvalue weighted by Crippen LogP contribution is -2.15. The van der Waals surface area contributed by atoms with Gasteiger partial charge in [-0.3, -0.25) is 10.2 Å². The Morgan fingerprint density at radius 1 is 1.24 bits per heavy atom. The molecule has 0 saturated carbocycles. The molecule has 3 rings (SSSR count). The van der Waals surface area contributed by atoms with Crippen molar-refractivity contribution in [2.75, 3.05) is 18.3 Å². The molecular weight excluding hydrogens is 407 g/mol. The van der Waals surface area contributed by atoms with Gasteiger partial charge in [0.1, 0.15) is 12.3 Å². The number of nitrogens with two attached hydrogens (primary N) is 1. The van der Waals surface area contributed by atoms with Crippen LogP contribution in [0.1, 0.15) is 15.9 Å². The monoisotopic (exact) mass is 423 g/mol. The Morgan fingerprint density at radius 3 is 2.66 bits per heavy atom. The quantitative estimate of drug-likeness (QED) is 0.464. The first-order valence-corrected chi connectivity index (χ1v) is 8.67. The lowest BCUT2D eigenvalue weighted by atomic mass is 10.1. The summed E-state index contributed by atoms with van der Waals surface area (Å²) in [5, 5.41) is 4.01. The number of carbonyl (C=O) groups excluding carboxylic acids is 1. The molecule has 152 valence electrons. The molecule has 2 aromatic carbocycles. The minimum atomic E-state index is -4.54. The second-order valence-corrected chi connectivity index (χ2v) is 6.31. The summed E-state index contributed by atoms with van der Waals surface area (Å²) >= 11 is 5.29. The Hall–Kier alpha value is -3.34. The average Bonchev–Trinajstić information content (AvgIpc) is 2.95. The normalized spacial score (nSPS) is 11.3. The molecule has 7 nitrogen and oxygen atoms in total. The van der Waals surface area contributed by atoms with E-state index in [9.17, 15) is 18.0 Å². The maximum absolute atomic E-state index is 12.9. The van der Waals surface area contributed by atoms with Gasteiger partial charge in [0, 0.05) is 5.56 Å². The topological polar surface area (TPSA) is 87.1 Å². The number of aromatic nitrogens is 3. The number of nitrogen functional groups attached to an aromatic ring is 1. The van der Waals surface area contributed by atoms with Crippen LogP contribution in [0.5, 0.6) is 5.75 Å². The third kappa shape index (κ3) is 4.40. The summed E-state index contributed by atoms with van der Waals surface area (Å²) in [6.45, 7) is -0.370. The number of methoxy groups -OCH3 is 1. The molecule has 0 fully saturated rings. The number of rotatable bonds is 6. The van der Waals surface area contributed by atoms with Crippen LogP contribution in [0.15, 0.2) is 48.5 Å². The second kappa shape index (κ2) is 7.95. The zero-order valence-electron chi connectivity index (χ0n) is 15.1. The van der Waals surface area contributed by atoms with Gasteiger partial charge < -0.3 is 10.5 Å². The lowest BCUT2D eigenvalue weighted by molar-refractivity contribution is -0.137. The van der Waals surface area contributed by atoms with Gasteiger partial charge in [-0.05, 0) is 36.5 Å². The second-order valence-electron chi connectivity index (χ2n) is 5.95. The van der Waals surface area contributed by atoms with E-state index in [2.05, 4.69) is 10.5 Å². The summed E-state index contributed by atoms with van der Waals surface area (Å²) in [7, 11) is 1.50. The number of anilines is 2. The minimum absolute atomic E-state index is 0.0299. The van der Waals surface area contributed by atoms with Crippen LogP contribution < -0.4 is 15.9 Å². The summed E-state index contributed by atoms with van der Waals surface area (Å²) in [5.41, 5.74) is 8.36. The van der Waals surface area contributed by atoms with Gasteiger partial charge in [0.25, 0.3) is 0 Å². The fourth-order valence-corrected chi connectivity index (χ4v) is 2.83. The van der Waals surface area contributed by atoms with Crippen LogP contribution in [0.25, 0.3) is 0 Å². The molecule has 3 N–H and O–H groups in total. The molecular formula is C18H16F3N5O2S. The predicted molar refractivity (Wildman–Crippen MR) is 103 cm³/mol. The van der Waals surface area contributed by atoms with Crippen LogP contribution in [0.2, 0.25) is 0 Å². The lowest BCUT2D eigenvalue weighted by Gasteiger charge is -2.11. The van der Waals surface area contributed by atoms with E-state index in [0.717, 1.165) is 16.8 Å². The molecule has 0 aliphatic heterocycles. The van der Waals surface area contributed by atoms with E-state index < -0.39 is 17.5 Å². The smallest absolute Gasteiger partial charge is 0.416 e. The maximum atomic E-state index is 12.9. The van der Waals surface area contributed by atoms with E-state index in [1.54, 1.807) is 24.3 Å². The third-order valence-corrected chi connectivity index (χ3v) is 4.40. The standard InChI is InChI=1S/C18H16F3N5O2S/c1-28-15-8-3-2-7-13(15)23-26-16(22)24-25(17(26)29)10-14(27)11-5-4-6-12(9-11)18(19,20)21/h2-9,23H,10H2,1H3,(H2,22,24). The van der Waals surface area contributed by atoms with Gasteiger partial charge in [-0.1, -0.05) is 24.3 Å². The number of Topliss-reactive ketones (excluding diaryl/α,β-unsaturated/α-hetero) is 1. The summed E-state index contributed by atoms with van der Waals surface area (Å²) in [6, 6.07) is 11.2. The highest BCUT2D eigenvalue weighted by atomic mass is 32.1. The SMILES string of the molecule is COc1ccccc1Nn1c(N)nn(CC(=O)c2cccc(C(F)(F)F)c2)c1=S. The number of nitrogens with zero attached hydrogens (tertiary/aromatic N) is 3. The number of benzene rings is 2. The summed E-state index contributed by atoms with van der Waals surface area (Å²) in [4.78, 5) is 12.5. The van der Waals surface area contributed by atoms with Gasteiger partial charge in [0.2, 0.25) is 10.7 Å². The number of para-hydroxylation sites is 2. The zero-order chi connectivity index (χ0) is 21.2. The predicted octanol–water partition coefficient (Wildman–Crippen LogP) is 3.78. The molecule has 0 unspecified atom stereocenters. The van der Waals surface area contributed by atoms with Gasteiger partial charge in [0.05, 0.1) is 18.4 Å². The fraction of sp³-hybridized carbons (Fsp3) is 0.167. The van der Waals surface area contributed by atoms with Crippen molar-refractivity contribution in [3.63, 3.8) is 0 Å². The van der Waals surface area contributed by atoms with Gasteiger partial charge in [0.15, 0.2) is 5.78 Å². The molecule has 0 spiro atoms. The van der Waals surface area contributed by atoms with Gasteiger partial charge >= 0.3 is 6.18 Å². The minimum Gasteiger partial charge on any atom is -0.495 e. The van der Waals surface area contributed by atoms with Crippen molar-refractivity contribution in [1.29, 1.82) is 0 Å². The summed E-state index contributed by atoms with van der Waals surface area (Å²) < 4.78 is 46.3. The molecule has 1 aromatic heterocycles. The molecule has 1 heterocycles. The van der Waals surface area contributed by atoms with Crippen LogP contribution in [0.3, 0.4) is 0 Å². The van der Waals surface area contributed by atoms with E-state index in [-0.39, 0.29) is 22.8 Å². The Balaban J connectivity index is 1.85. The van der Waals surface area contributed by atoms with E-state index in [1.165, 1.54) is 23.9 Å². The van der Waals surface area contributed by atoms with E-state index >= 15 is 0 Å². The number of nitrogens with one attached hydrogen (secondary N) is 1. The number of hydrogen-bond donors (Lipinski definition) is 2. The van der Waals surface area contributed by atoms with Crippen molar-refractivity contribution in [3.8, 4) is 5.75 Å². The average molecular weight is 423 g/mol. The number of alkyl halides is 3. The Bertz CT molecular complexity index is 1110. The van der Waals surface area contributed by atoms with Crippen molar-refractivity contribution in [2.24, 2.45) is 0 Å². The van der Waals surface area contributed by atoms with Crippen molar-refractivity contribution in [1.82, 2.24) is 14.5 Å². The molecule has 0 aliphatic rings. The number of halogens is 3. The molecule has 0 radical (unpaired) electrons. The molecule has 29 heavy (non-hydrogen) atoms. The molecule has 0 amide bonds. The van der Waals surface area contributed by atoms with Crippen LogP contribution in [0.4, 0.5) is 24.8 Å². The Kier molecular flexibility index (Phi) is 5.59. The Morgan fingerprint density at radius 2 is 1.97 bits per heavy atom. The largest absolute Gasteiger partial charge is 0.495 e. The van der Waals surface area contributed by atoms with E-state index in [1.807, 2.05) is 0 Å². The molecule has 0 bridgehead atoms. The van der Waals surface area contributed by atoms with E-state index in [4.69, 9.17) is 22.7 Å². The van der Waals surface area contributed by atoms with Crippen molar-refractivity contribution < 1.29 is 22.7 Å². The maximum Gasteiger partial charge on any atom is 0.416 e. The van der Waals surface area contributed by atoms with Crippen molar-refractivity contribution in [2.45, 2.75) is 12.7 Å². The highest BCUT2D eigenvalue weighted by Crippen LogP contribution is 2.29. The van der Waals surface area contributed by atoms with E-state index in [0.29, 0.717) is 11.4 Å². The van der Waals surface area contributed by atoms with Gasteiger partial charge in [-0.15, -0.1) is 5.10 Å². The van der Waals surface area contributed by atoms with Crippen LogP contribution in [-0.4, -0.2) is 27.3 Å². The first kappa shape index (κ1) is 20.4. The molecule has 0 saturated heterocycles. The number of ether oxygens (including phenoxy) is 1. The van der Waals surface area contributed by atoms with Gasteiger partial charge in [-0.25, -0.2) is 4.68 Å². The van der Waals surface area contributed by atoms with Crippen molar-refractivity contribution in [3.05, 3.63) is 64.4 Å². The van der Waals surface area contributed by atoms with Crippen LogP contribution >= 0.6 is 12.2 Å². The molecule has 0 atom stereocenters. The van der Waals surface area contributed by atoms with Crippen LogP contribution in [-0.2, 0) is 12.7 Å². The number of hydrogen-bond acceptors (Lipinski definition) is 6. The van der Waals surface area contributed by atoms with Gasteiger partial charge in [-0.2, -0.15) is 17.8 Å². The third-order valence-electron chi connectivity index (χ3n) is 4.01. The fourth-order valence-electron chi connectivity index (χ4n) is 2.59. The first-order chi connectivity index (χ1) is 13.7. The first-order valence-electron chi connectivity index (χ1n) is 8.26. The number of carbonyl (C=O) groups is 1. The number of ketones is 1. The van der Waals surface area contributed by atoms with Crippen molar-refractivity contribution >= 4 is 29.6 Å². The molecule has 3 aromatic rings. The summed E-state index contributed by atoms with van der Waals surface area (Å²) in [5.74, 6) is -0.0894. The summed E-state index contributed by atoms with van der Waals surface area (Å²) in [6.07, 6.45) is -4.54.